The van der Waals surface area contributed by atoms with Crippen LogP contribution in [0.2, 0.25) is 0 Å². The topological polar surface area (TPSA) is 96.6 Å². The second-order valence-electron chi connectivity index (χ2n) is 4.42. The molecule has 0 unspecified atom stereocenters. The molecule has 0 aliphatic rings. The van der Waals surface area contributed by atoms with E-state index in [1.807, 2.05) is 0 Å². The number of aromatic nitrogens is 1. The van der Waals surface area contributed by atoms with E-state index in [1.165, 1.54) is 24.3 Å². The number of hydrogen-bond donors (Lipinski definition) is 2. The van der Waals surface area contributed by atoms with Gasteiger partial charge in [-0.3, -0.25) is 9.35 Å². The molecule has 2 rings (SSSR count). The standard InChI is InChI=1S/C13H13NO5S/c1-8-6-12(15)14(13(16)9(8)2)10-4-3-5-11(7-10)20(17,18)19/h3-7,16H,1-2H3,(H,17,18,19). The smallest absolute Gasteiger partial charge is 0.294 e. The van der Waals surface area contributed by atoms with E-state index in [4.69, 9.17) is 4.55 Å². The van der Waals surface area contributed by atoms with Crippen LogP contribution in [0.1, 0.15) is 11.1 Å². The fraction of sp³-hybridized carbons (Fsp3) is 0.154. The molecule has 0 spiro atoms. The van der Waals surface area contributed by atoms with E-state index in [9.17, 15) is 18.3 Å². The Kier molecular flexibility index (Phi) is 3.41. The summed E-state index contributed by atoms with van der Waals surface area (Å²) < 4.78 is 32.2. The minimum atomic E-state index is -4.37. The second kappa shape index (κ2) is 4.77. The molecule has 6 nitrogen and oxygen atoms in total. The Morgan fingerprint density at radius 1 is 1.15 bits per heavy atom. The normalized spacial score (nSPS) is 11.6. The van der Waals surface area contributed by atoms with Crippen LogP contribution < -0.4 is 5.56 Å². The van der Waals surface area contributed by atoms with Gasteiger partial charge in [0.25, 0.3) is 15.7 Å². The van der Waals surface area contributed by atoms with Gasteiger partial charge >= 0.3 is 0 Å². The van der Waals surface area contributed by atoms with E-state index in [2.05, 4.69) is 0 Å². The van der Waals surface area contributed by atoms with E-state index in [0.717, 1.165) is 10.6 Å². The molecule has 0 atom stereocenters. The number of pyridine rings is 1. The molecule has 0 aliphatic carbocycles. The highest BCUT2D eigenvalue weighted by Crippen LogP contribution is 2.22. The SMILES string of the molecule is Cc1cc(=O)n(-c2cccc(S(=O)(=O)O)c2)c(O)c1C. The predicted molar refractivity (Wildman–Crippen MR) is 73.0 cm³/mol. The maximum absolute atomic E-state index is 12.0. The summed E-state index contributed by atoms with van der Waals surface area (Å²) in [6, 6.07) is 6.49. The summed E-state index contributed by atoms with van der Waals surface area (Å²) in [5.41, 5.74) is 0.820. The van der Waals surface area contributed by atoms with Crippen LogP contribution in [-0.2, 0) is 10.1 Å². The maximum Gasteiger partial charge on any atom is 0.294 e. The Labute approximate surface area is 115 Å². The van der Waals surface area contributed by atoms with E-state index in [-0.39, 0.29) is 16.5 Å². The largest absolute Gasteiger partial charge is 0.494 e. The maximum atomic E-state index is 12.0. The Balaban J connectivity index is 2.77. The van der Waals surface area contributed by atoms with Crippen molar-refractivity contribution in [2.24, 2.45) is 0 Å². The van der Waals surface area contributed by atoms with E-state index in [0.29, 0.717) is 11.1 Å². The van der Waals surface area contributed by atoms with Gasteiger partial charge in [-0.2, -0.15) is 8.42 Å². The van der Waals surface area contributed by atoms with Gasteiger partial charge in [0.1, 0.15) is 0 Å². The number of hydrogen-bond acceptors (Lipinski definition) is 4. The van der Waals surface area contributed by atoms with Crippen LogP contribution in [0.4, 0.5) is 0 Å². The molecule has 1 aromatic heterocycles. The first-order valence-corrected chi connectivity index (χ1v) is 7.16. The summed E-state index contributed by atoms with van der Waals surface area (Å²) in [4.78, 5) is 11.6. The van der Waals surface area contributed by atoms with Crippen molar-refractivity contribution in [1.29, 1.82) is 0 Å². The fourth-order valence-electron chi connectivity index (χ4n) is 1.84. The Morgan fingerprint density at radius 2 is 1.80 bits per heavy atom. The van der Waals surface area contributed by atoms with Gasteiger partial charge in [0, 0.05) is 11.6 Å². The minimum absolute atomic E-state index is 0.158. The third kappa shape index (κ3) is 2.45. The molecule has 106 valence electrons. The molecule has 20 heavy (non-hydrogen) atoms. The minimum Gasteiger partial charge on any atom is -0.494 e. The van der Waals surface area contributed by atoms with Gasteiger partial charge in [0.15, 0.2) is 0 Å². The summed E-state index contributed by atoms with van der Waals surface area (Å²) in [5, 5.41) is 10.1. The summed E-state index contributed by atoms with van der Waals surface area (Å²) in [6.45, 7) is 3.34. The first kappa shape index (κ1) is 14.3. The van der Waals surface area contributed by atoms with Crippen molar-refractivity contribution in [2.75, 3.05) is 0 Å². The number of nitrogens with zero attached hydrogens (tertiary/aromatic N) is 1. The lowest BCUT2D eigenvalue weighted by molar-refractivity contribution is 0.430. The summed E-state index contributed by atoms with van der Waals surface area (Å²) in [7, 11) is -4.37. The van der Waals surface area contributed by atoms with Crippen LogP contribution in [0.3, 0.4) is 0 Å². The lowest BCUT2D eigenvalue weighted by Gasteiger charge is -2.12. The molecule has 0 fully saturated rings. The first-order chi connectivity index (χ1) is 9.21. The van der Waals surface area contributed by atoms with Gasteiger partial charge < -0.3 is 5.11 Å². The fourth-order valence-corrected chi connectivity index (χ4v) is 2.36. The van der Waals surface area contributed by atoms with Crippen LogP contribution in [0, 0.1) is 13.8 Å². The first-order valence-electron chi connectivity index (χ1n) is 5.72. The molecule has 2 N–H and O–H groups in total. The van der Waals surface area contributed by atoms with Gasteiger partial charge in [-0.15, -0.1) is 0 Å². The van der Waals surface area contributed by atoms with Crippen molar-refractivity contribution >= 4 is 10.1 Å². The van der Waals surface area contributed by atoms with Crippen LogP contribution in [0.5, 0.6) is 5.88 Å². The quantitative estimate of drug-likeness (QED) is 0.816. The zero-order chi connectivity index (χ0) is 15.1. The molecular weight excluding hydrogens is 282 g/mol. The van der Waals surface area contributed by atoms with Gasteiger partial charge in [0.05, 0.1) is 10.6 Å². The van der Waals surface area contributed by atoms with Gasteiger partial charge in [-0.1, -0.05) is 6.07 Å². The van der Waals surface area contributed by atoms with Gasteiger partial charge in [0.2, 0.25) is 5.88 Å². The molecule has 0 radical (unpaired) electrons. The Morgan fingerprint density at radius 3 is 2.40 bits per heavy atom. The molecule has 1 heterocycles. The van der Waals surface area contributed by atoms with Crippen molar-refractivity contribution < 1.29 is 18.1 Å². The third-order valence-corrected chi connectivity index (χ3v) is 3.92. The van der Waals surface area contributed by atoms with Gasteiger partial charge in [-0.05, 0) is 37.6 Å². The summed E-state index contributed by atoms with van der Waals surface area (Å²) in [6.07, 6.45) is 0. The number of aryl methyl sites for hydroxylation is 1. The molecule has 0 saturated heterocycles. The molecule has 7 heteroatoms. The van der Waals surface area contributed by atoms with Crippen molar-refractivity contribution in [1.82, 2.24) is 4.57 Å². The third-order valence-electron chi connectivity index (χ3n) is 3.07. The lowest BCUT2D eigenvalue weighted by Crippen LogP contribution is -2.19. The lowest BCUT2D eigenvalue weighted by atomic mass is 10.1. The molecule has 2 aromatic rings. The number of benzene rings is 1. The summed E-state index contributed by atoms with van der Waals surface area (Å²) in [5.74, 6) is -0.262. The number of rotatable bonds is 2. The summed E-state index contributed by atoms with van der Waals surface area (Å²) >= 11 is 0. The highest BCUT2D eigenvalue weighted by molar-refractivity contribution is 7.85. The van der Waals surface area contributed by atoms with Crippen molar-refractivity contribution in [3.63, 3.8) is 0 Å². The van der Waals surface area contributed by atoms with Crippen LogP contribution in [0.15, 0.2) is 40.0 Å². The van der Waals surface area contributed by atoms with Crippen LogP contribution in [0.25, 0.3) is 5.69 Å². The molecule has 0 saturated carbocycles. The van der Waals surface area contributed by atoms with E-state index in [1.54, 1.807) is 13.8 Å². The van der Waals surface area contributed by atoms with Crippen molar-refractivity contribution in [3.8, 4) is 11.6 Å². The van der Waals surface area contributed by atoms with Crippen molar-refractivity contribution in [3.05, 3.63) is 51.8 Å². The Bertz CT molecular complexity index is 836. The zero-order valence-corrected chi connectivity index (χ0v) is 11.7. The zero-order valence-electron chi connectivity index (χ0n) is 10.9. The molecule has 0 aliphatic heterocycles. The highest BCUT2D eigenvalue weighted by atomic mass is 32.2. The number of aromatic hydroxyl groups is 1. The van der Waals surface area contributed by atoms with E-state index < -0.39 is 15.7 Å². The average Bonchev–Trinajstić information content (AvgIpc) is 2.35. The van der Waals surface area contributed by atoms with Crippen LogP contribution in [-0.4, -0.2) is 22.6 Å². The Hall–Kier alpha value is -2.12. The molecule has 1 aromatic carbocycles. The van der Waals surface area contributed by atoms with Crippen LogP contribution >= 0.6 is 0 Å². The molecular formula is C13H13NO5S. The average molecular weight is 295 g/mol. The monoisotopic (exact) mass is 295 g/mol. The highest BCUT2D eigenvalue weighted by Gasteiger charge is 2.14. The molecule has 0 bridgehead atoms. The second-order valence-corrected chi connectivity index (χ2v) is 5.84. The van der Waals surface area contributed by atoms with Crippen molar-refractivity contribution in [2.45, 2.75) is 18.7 Å². The molecule has 0 amide bonds. The van der Waals surface area contributed by atoms with E-state index >= 15 is 0 Å². The van der Waals surface area contributed by atoms with Gasteiger partial charge in [-0.25, -0.2) is 4.57 Å². The predicted octanol–water partition coefficient (Wildman–Crippen LogP) is 1.41.